The Morgan fingerprint density at radius 1 is 1.64 bits per heavy atom. The van der Waals surface area contributed by atoms with Gasteiger partial charge in [-0.15, -0.1) is 0 Å². The monoisotopic (exact) mass is 193 g/mol. The summed E-state index contributed by atoms with van der Waals surface area (Å²) in [4.78, 5) is 22.1. The lowest BCUT2D eigenvalue weighted by molar-refractivity contribution is -0.125. The van der Waals surface area contributed by atoms with Crippen molar-refractivity contribution >= 4 is 11.8 Å². The topological polar surface area (TPSA) is 64.0 Å². The van der Waals surface area contributed by atoms with Crippen molar-refractivity contribution in [2.75, 3.05) is 0 Å². The fourth-order valence-electron chi connectivity index (χ4n) is 1.55. The van der Waals surface area contributed by atoms with Gasteiger partial charge in [-0.25, -0.2) is 0 Å². The summed E-state index contributed by atoms with van der Waals surface area (Å²) in [5.41, 5.74) is 1.05. The number of amides is 2. The second kappa shape index (κ2) is 3.25. The predicted octanol–water partition coefficient (Wildman–Crippen LogP) is -0.146. The van der Waals surface area contributed by atoms with Crippen LogP contribution in [-0.2, 0) is 16.1 Å². The Kier molecular flexibility index (Phi) is 2.07. The van der Waals surface area contributed by atoms with Crippen molar-refractivity contribution in [3.63, 3.8) is 0 Å². The molecule has 1 saturated heterocycles. The number of carbonyl (C=O) groups is 2. The second-order valence-electron chi connectivity index (χ2n) is 3.55. The first-order valence-corrected chi connectivity index (χ1v) is 4.48. The standard InChI is InChI=1S/C9H11N3O2/c1-6-3-10-12(4-6)5-7-2-8(13)11-9(7)14/h3-4,7H,2,5H2,1H3,(H,11,13,14). The van der Waals surface area contributed by atoms with Gasteiger partial charge in [-0.2, -0.15) is 5.10 Å². The highest BCUT2D eigenvalue weighted by atomic mass is 16.2. The van der Waals surface area contributed by atoms with E-state index < -0.39 is 0 Å². The molecular formula is C9H11N3O2. The van der Waals surface area contributed by atoms with Gasteiger partial charge in [-0.1, -0.05) is 0 Å². The third-order valence-electron chi connectivity index (χ3n) is 2.23. The quantitative estimate of drug-likeness (QED) is 0.664. The van der Waals surface area contributed by atoms with E-state index in [1.165, 1.54) is 0 Å². The van der Waals surface area contributed by atoms with Crippen LogP contribution in [0.5, 0.6) is 0 Å². The van der Waals surface area contributed by atoms with Crippen LogP contribution in [-0.4, -0.2) is 21.6 Å². The van der Waals surface area contributed by atoms with Crippen LogP contribution in [0.2, 0.25) is 0 Å². The Balaban J connectivity index is 2.05. The zero-order valence-electron chi connectivity index (χ0n) is 7.86. The molecule has 1 atom stereocenters. The molecule has 0 aliphatic carbocycles. The largest absolute Gasteiger partial charge is 0.296 e. The van der Waals surface area contributed by atoms with Crippen molar-refractivity contribution in [2.45, 2.75) is 19.9 Å². The van der Waals surface area contributed by atoms with E-state index >= 15 is 0 Å². The summed E-state index contributed by atoms with van der Waals surface area (Å²) < 4.78 is 1.69. The Morgan fingerprint density at radius 2 is 2.43 bits per heavy atom. The molecule has 5 heteroatoms. The van der Waals surface area contributed by atoms with Gasteiger partial charge in [0.25, 0.3) is 0 Å². The van der Waals surface area contributed by atoms with E-state index in [2.05, 4.69) is 10.4 Å². The van der Waals surface area contributed by atoms with Gasteiger partial charge >= 0.3 is 0 Å². The zero-order valence-corrected chi connectivity index (χ0v) is 7.86. The van der Waals surface area contributed by atoms with Crippen molar-refractivity contribution in [3.05, 3.63) is 18.0 Å². The molecule has 0 bridgehead atoms. The maximum Gasteiger partial charge on any atom is 0.232 e. The number of rotatable bonds is 2. The average molecular weight is 193 g/mol. The third-order valence-corrected chi connectivity index (χ3v) is 2.23. The number of nitrogens with one attached hydrogen (secondary N) is 1. The predicted molar refractivity (Wildman–Crippen MR) is 48.2 cm³/mol. The molecule has 1 unspecified atom stereocenters. The molecule has 2 amide bonds. The first kappa shape index (κ1) is 8.93. The molecule has 2 rings (SSSR count). The number of hydrogen-bond acceptors (Lipinski definition) is 3. The Hall–Kier alpha value is -1.65. The summed E-state index contributed by atoms with van der Waals surface area (Å²) in [5.74, 6) is -0.645. The Bertz CT molecular complexity index is 383. The SMILES string of the molecule is Cc1cnn(CC2CC(=O)NC2=O)c1. The molecule has 14 heavy (non-hydrogen) atoms. The zero-order chi connectivity index (χ0) is 10.1. The summed E-state index contributed by atoms with van der Waals surface area (Å²) in [6, 6.07) is 0. The first-order chi connectivity index (χ1) is 6.65. The van der Waals surface area contributed by atoms with Gasteiger partial charge in [-0.05, 0) is 12.5 Å². The van der Waals surface area contributed by atoms with Crippen LogP contribution in [0.25, 0.3) is 0 Å². The molecule has 0 aromatic carbocycles. The fourth-order valence-corrected chi connectivity index (χ4v) is 1.55. The summed E-state index contributed by atoms with van der Waals surface area (Å²) >= 11 is 0. The highest BCUT2D eigenvalue weighted by Crippen LogP contribution is 2.12. The van der Waals surface area contributed by atoms with Crippen molar-refractivity contribution in [3.8, 4) is 0 Å². The van der Waals surface area contributed by atoms with E-state index in [0.29, 0.717) is 6.54 Å². The van der Waals surface area contributed by atoms with Crippen molar-refractivity contribution in [1.82, 2.24) is 15.1 Å². The molecule has 74 valence electrons. The maximum absolute atomic E-state index is 11.2. The van der Waals surface area contributed by atoms with E-state index in [9.17, 15) is 9.59 Å². The number of hydrogen-bond donors (Lipinski definition) is 1. The summed E-state index contributed by atoms with van der Waals surface area (Å²) in [7, 11) is 0. The third kappa shape index (κ3) is 1.66. The van der Waals surface area contributed by atoms with Crippen LogP contribution >= 0.6 is 0 Å². The van der Waals surface area contributed by atoms with E-state index in [-0.39, 0.29) is 24.2 Å². The lowest BCUT2D eigenvalue weighted by atomic mass is 10.1. The van der Waals surface area contributed by atoms with Crippen LogP contribution in [0, 0.1) is 12.8 Å². The first-order valence-electron chi connectivity index (χ1n) is 4.48. The average Bonchev–Trinajstić information content (AvgIpc) is 2.61. The molecule has 0 radical (unpaired) electrons. The van der Waals surface area contributed by atoms with Crippen LogP contribution < -0.4 is 5.32 Å². The minimum atomic E-state index is -0.262. The van der Waals surface area contributed by atoms with Crippen LogP contribution in [0.3, 0.4) is 0 Å². The number of aromatic nitrogens is 2. The van der Waals surface area contributed by atoms with Crippen molar-refractivity contribution < 1.29 is 9.59 Å². The summed E-state index contributed by atoms with van der Waals surface area (Å²) in [6.45, 7) is 2.41. The molecule has 0 saturated carbocycles. The summed E-state index contributed by atoms with van der Waals surface area (Å²) in [5, 5.41) is 6.34. The van der Waals surface area contributed by atoms with E-state index in [1.54, 1.807) is 10.9 Å². The molecule has 0 spiro atoms. The molecule has 1 fully saturated rings. The number of imide groups is 1. The lowest BCUT2D eigenvalue weighted by Gasteiger charge is -2.04. The lowest BCUT2D eigenvalue weighted by Crippen LogP contribution is -2.24. The van der Waals surface area contributed by atoms with Gasteiger partial charge in [0.2, 0.25) is 11.8 Å². The van der Waals surface area contributed by atoms with Gasteiger partial charge < -0.3 is 0 Å². The molecule has 1 aliphatic rings. The van der Waals surface area contributed by atoms with Gasteiger partial charge in [0.15, 0.2) is 0 Å². The van der Waals surface area contributed by atoms with Gasteiger partial charge in [0.05, 0.1) is 18.7 Å². The number of nitrogens with zero attached hydrogens (tertiary/aromatic N) is 2. The second-order valence-corrected chi connectivity index (χ2v) is 3.55. The van der Waals surface area contributed by atoms with Crippen LogP contribution in [0.15, 0.2) is 12.4 Å². The molecule has 1 N–H and O–H groups in total. The highest BCUT2D eigenvalue weighted by molar-refractivity contribution is 6.03. The van der Waals surface area contributed by atoms with E-state index in [0.717, 1.165) is 5.56 Å². The van der Waals surface area contributed by atoms with Crippen LogP contribution in [0.1, 0.15) is 12.0 Å². The molecule has 5 nitrogen and oxygen atoms in total. The minimum absolute atomic E-state index is 0.191. The smallest absolute Gasteiger partial charge is 0.232 e. The van der Waals surface area contributed by atoms with Gasteiger partial charge in [-0.3, -0.25) is 19.6 Å². The molecule has 1 aliphatic heterocycles. The number of aryl methyl sites for hydroxylation is 1. The van der Waals surface area contributed by atoms with Crippen LogP contribution in [0.4, 0.5) is 0 Å². The maximum atomic E-state index is 11.2. The van der Waals surface area contributed by atoms with E-state index in [1.807, 2.05) is 13.1 Å². The van der Waals surface area contributed by atoms with Crippen molar-refractivity contribution in [1.29, 1.82) is 0 Å². The molecule has 1 aromatic rings. The fraction of sp³-hybridized carbons (Fsp3) is 0.444. The van der Waals surface area contributed by atoms with Crippen molar-refractivity contribution in [2.24, 2.45) is 5.92 Å². The normalized spacial score (nSPS) is 21.4. The minimum Gasteiger partial charge on any atom is -0.296 e. The van der Waals surface area contributed by atoms with E-state index in [4.69, 9.17) is 0 Å². The molecular weight excluding hydrogens is 182 g/mol. The Labute approximate surface area is 81.1 Å². The highest BCUT2D eigenvalue weighted by Gasteiger charge is 2.30. The number of carbonyl (C=O) groups excluding carboxylic acids is 2. The van der Waals surface area contributed by atoms with Gasteiger partial charge in [0, 0.05) is 12.6 Å². The Morgan fingerprint density at radius 3 is 2.93 bits per heavy atom. The summed E-state index contributed by atoms with van der Waals surface area (Å²) in [6.07, 6.45) is 3.86. The molecule has 2 heterocycles. The van der Waals surface area contributed by atoms with Gasteiger partial charge in [0.1, 0.15) is 0 Å². The molecule has 1 aromatic heterocycles.